The van der Waals surface area contributed by atoms with Crippen molar-refractivity contribution < 1.29 is 4.79 Å². The summed E-state index contributed by atoms with van der Waals surface area (Å²) in [5.41, 5.74) is 0.509. The van der Waals surface area contributed by atoms with Gasteiger partial charge in [0.2, 0.25) is 5.91 Å². The van der Waals surface area contributed by atoms with E-state index in [4.69, 9.17) is 0 Å². The van der Waals surface area contributed by atoms with Gasteiger partial charge < -0.3 is 4.90 Å². The quantitative estimate of drug-likeness (QED) is 0.616. The van der Waals surface area contributed by atoms with E-state index < -0.39 is 0 Å². The first-order valence-electron chi connectivity index (χ1n) is 6.86. The average Bonchev–Trinajstić information content (AvgIpc) is 2.52. The minimum atomic E-state index is 0.440. The van der Waals surface area contributed by atoms with E-state index in [1.54, 1.807) is 0 Å². The third kappa shape index (κ3) is 1.57. The van der Waals surface area contributed by atoms with Crippen LogP contribution in [0.3, 0.4) is 0 Å². The summed E-state index contributed by atoms with van der Waals surface area (Å²) in [5, 5.41) is 0. The predicted molar refractivity (Wildman–Crippen MR) is 64.0 cm³/mol. The molecule has 2 saturated heterocycles. The van der Waals surface area contributed by atoms with Crippen LogP contribution in [-0.4, -0.2) is 23.4 Å². The van der Waals surface area contributed by atoms with Crippen LogP contribution in [0, 0.1) is 17.3 Å². The number of hydrogen-bond donors (Lipinski definition) is 0. The molecule has 0 spiro atoms. The fourth-order valence-electron chi connectivity index (χ4n) is 4.59. The molecule has 16 heavy (non-hydrogen) atoms. The number of hydrogen-bond acceptors (Lipinski definition) is 1. The van der Waals surface area contributed by atoms with Crippen LogP contribution in [0.1, 0.15) is 52.4 Å². The maximum absolute atomic E-state index is 12.0. The van der Waals surface area contributed by atoms with Crippen LogP contribution in [0.5, 0.6) is 0 Å². The van der Waals surface area contributed by atoms with Crippen molar-refractivity contribution in [1.82, 2.24) is 4.90 Å². The zero-order chi connectivity index (χ0) is 11.3. The van der Waals surface area contributed by atoms with E-state index >= 15 is 0 Å². The number of nitrogens with zero attached hydrogens (tertiary/aromatic N) is 1. The first-order chi connectivity index (χ1) is 7.57. The van der Waals surface area contributed by atoms with Gasteiger partial charge in [-0.15, -0.1) is 0 Å². The Kier molecular flexibility index (Phi) is 2.31. The lowest BCUT2D eigenvalue weighted by Gasteiger charge is -2.44. The first kappa shape index (κ1) is 10.6. The van der Waals surface area contributed by atoms with Crippen molar-refractivity contribution in [2.24, 2.45) is 17.3 Å². The molecular formula is C14H23NO. The van der Waals surface area contributed by atoms with Crippen LogP contribution in [0.2, 0.25) is 0 Å². The lowest BCUT2D eigenvalue weighted by Crippen LogP contribution is -2.46. The second kappa shape index (κ2) is 3.48. The second-order valence-electron chi connectivity index (χ2n) is 6.85. The van der Waals surface area contributed by atoms with Gasteiger partial charge in [0.25, 0.3) is 0 Å². The zero-order valence-corrected chi connectivity index (χ0v) is 10.5. The predicted octanol–water partition coefficient (Wildman–Crippen LogP) is 2.82. The summed E-state index contributed by atoms with van der Waals surface area (Å²) in [4.78, 5) is 14.2. The van der Waals surface area contributed by atoms with Gasteiger partial charge in [0, 0.05) is 19.0 Å². The molecule has 0 bridgehead atoms. The highest BCUT2D eigenvalue weighted by Crippen LogP contribution is 2.50. The van der Waals surface area contributed by atoms with Crippen molar-refractivity contribution in [2.45, 2.75) is 58.4 Å². The molecule has 0 unspecified atom stereocenters. The van der Waals surface area contributed by atoms with Gasteiger partial charge in [-0.3, -0.25) is 4.79 Å². The fraction of sp³-hybridized carbons (Fsp3) is 0.929. The molecule has 1 aliphatic carbocycles. The molecule has 0 aromatic heterocycles. The molecule has 1 saturated carbocycles. The third-order valence-electron chi connectivity index (χ3n) is 4.98. The highest BCUT2D eigenvalue weighted by molar-refractivity contribution is 5.77. The van der Waals surface area contributed by atoms with Gasteiger partial charge in [0.15, 0.2) is 0 Å². The number of rotatable bonds is 0. The summed E-state index contributed by atoms with van der Waals surface area (Å²) < 4.78 is 0. The molecule has 1 amide bonds. The topological polar surface area (TPSA) is 20.3 Å². The Labute approximate surface area is 98.4 Å². The Morgan fingerprint density at radius 1 is 1.19 bits per heavy atom. The van der Waals surface area contributed by atoms with Gasteiger partial charge in [-0.05, 0) is 49.4 Å². The summed E-state index contributed by atoms with van der Waals surface area (Å²) in [6.07, 6.45) is 7.14. The number of carbonyl (C=O) groups is 1. The van der Waals surface area contributed by atoms with E-state index in [1.165, 1.54) is 25.7 Å². The second-order valence-corrected chi connectivity index (χ2v) is 6.85. The average molecular weight is 221 g/mol. The van der Waals surface area contributed by atoms with Gasteiger partial charge in [-0.25, -0.2) is 0 Å². The molecule has 2 aliphatic heterocycles. The Morgan fingerprint density at radius 3 is 2.62 bits per heavy atom. The molecule has 0 radical (unpaired) electrons. The first-order valence-corrected chi connectivity index (χ1v) is 6.86. The summed E-state index contributed by atoms with van der Waals surface area (Å²) >= 11 is 0. The summed E-state index contributed by atoms with van der Waals surface area (Å²) in [5.74, 6) is 2.04. The van der Waals surface area contributed by atoms with Gasteiger partial charge in [-0.1, -0.05) is 13.8 Å². The normalized spacial score (nSPS) is 41.8. The molecule has 3 rings (SSSR count). The molecule has 0 N–H and O–H groups in total. The maximum Gasteiger partial charge on any atom is 0.222 e. The molecule has 2 nitrogen and oxygen atoms in total. The van der Waals surface area contributed by atoms with E-state index in [2.05, 4.69) is 18.7 Å². The van der Waals surface area contributed by atoms with Crippen molar-refractivity contribution in [2.75, 3.05) is 6.54 Å². The molecular weight excluding hydrogens is 198 g/mol. The molecule has 3 atom stereocenters. The van der Waals surface area contributed by atoms with Crippen molar-refractivity contribution in [3.8, 4) is 0 Å². The lowest BCUT2D eigenvalue weighted by molar-refractivity contribution is -0.133. The molecule has 2 heterocycles. The lowest BCUT2D eigenvalue weighted by atomic mass is 9.64. The largest absolute Gasteiger partial charge is 0.339 e. The Morgan fingerprint density at radius 2 is 1.88 bits per heavy atom. The minimum absolute atomic E-state index is 0.440. The minimum Gasteiger partial charge on any atom is -0.339 e. The molecule has 2 heteroatoms. The Balaban J connectivity index is 1.90. The van der Waals surface area contributed by atoms with E-state index in [0.717, 1.165) is 31.2 Å². The SMILES string of the molecule is CC1(C)C[C@H]2CCCC(=O)N3CC[C@@H](C1)[C@@H]23. The zero-order valence-electron chi connectivity index (χ0n) is 10.5. The van der Waals surface area contributed by atoms with Crippen molar-refractivity contribution in [1.29, 1.82) is 0 Å². The van der Waals surface area contributed by atoms with Gasteiger partial charge in [0.1, 0.15) is 0 Å². The van der Waals surface area contributed by atoms with Crippen molar-refractivity contribution >= 4 is 5.91 Å². The van der Waals surface area contributed by atoms with Gasteiger partial charge >= 0.3 is 0 Å². The van der Waals surface area contributed by atoms with Crippen LogP contribution in [0.25, 0.3) is 0 Å². The number of amides is 1. The highest BCUT2D eigenvalue weighted by Gasteiger charge is 2.49. The summed E-state index contributed by atoms with van der Waals surface area (Å²) in [7, 11) is 0. The monoisotopic (exact) mass is 221 g/mol. The van der Waals surface area contributed by atoms with E-state index in [0.29, 0.717) is 17.4 Å². The Hall–Kier alpha value is -0.530. The standard InChI is InChI=1S/C14H23NO/c1-14(2)8-10-4-3-5-12(16)15-7-6-11(9-14)13(10)15/h10-11,13H,3-9H2,1-2H3/t10-,11+,13-/m1/s1. The van der Waals surface area contributed by atoms with E-state index in [1.807, 2.05) is 0 Å². The fourth-order valence-corrected chi connectivity index (χ4v) is 4.59. The molecule has 90 valence electrons. The highest BCUT2D eigenvalue weighted by atomic mass is 16.2. The third-order valence-corrected chi connectivity index (χ3v) is 4.98. The van der Waals surface area contributed by atoms with Crippen LogP contribution in [0.4, 0.5) is 0 Å². The van der Waals surface area contributed by atoms with E-state index in [-0.39, 0.29) is 0 Å². The van der Waals surface area contributed by atoms with Crippen LogP contribution >= 0.6 is 0 Å². The van der Waals surface area contributed by atoms with Gasteiger partial charge in [-0.2, -0.15) is 0 Å². The van der Waals surface area contributed by atoms with E-state index in [9.17, 15) is 4.79 Å². The molecule has 0 aromatic carbocycles. The summed E-state index contributed by atoms with van der Waals surface area (Å²) in [6, 6.07) is 0.614. The van der Waals surface area contributed by atoms with Crippen LogP contribution in [0.15, 0.2) is 0 Å². The molecule has 3 aliphatic rings. The van der Waals surface area contributed by atoms with Crippen LogP contribution in [-0.2, 0) is 4.79 Å². The van der Waals surface area contributed by atoms with Crippen molar-refractivity contribution in [3.05, 3.63) is 0 Å². The summed E-state index contributed by atoms with van der Waals surface area (Å²) in [6.45, 7) is 5.87. The molecule has 0 aromatic rings. The maximum atomic E-state index is 12.0. The number of carbonyl (C=O) groups excluding carboxylic acids is 1. The van der Waals surface area contributed by atoms with Crippen LogP contribution < -0.4 is 0 Å². The van der Waals surface area contributed by atoms with Crippen molar-refractivity contribution in [3.63, 3.8) is 0 Å². The smallest absolute Gasteiger partial charge is 0.222 e. The van der Waals surface area contributed by atoms with Gasteiger partial charge in [0.05, 0.1) is 0 Å². The molecule has 3 fully saturated rings. The Bertz CT molecular complexity index is 310.